The van der Waals surface area contributed by atoms with Gasteiger partial charge in [-0.25, -0.2) is 4.79 Å². The molecule has 0 radical (unpaired) electrons. The number of ether oxygens (including phenoxy) is 1. The van der Waals surface area contributed by atoms with Crippen molar-refractivity contribution < 1.29 is 24.2 Å². The normalized spacial score (nSPS) is 15.7. The number of amides is 2. The van der Waals surface area contributed by atoms with Gasteiger partial charge in [0.15, 0.2) is 6.10 Å². The number of benzene rings is 2. The van der Waals surface area contributed by atoms with Crippen LogP contribution in [0.2, 0.25) is 0 Å². The number of nitrogens with one attached hydrogen (secondary N) is 1. The minimum absolute atomic E-state index is 0.0818. The van der Waals surface area contributed by atoms with E-state index in [0.29, 0.717) is 24.4 Å². The Bertz CT molecular complexity index is 863. The Morgan fingerprint density at radius 1 is 1.15 bits per heavy atom. The van der Waals surface area contributed by atoms with Crippen LogP contribution in [0.5, 0.6) is 5.75 Å². The van der Waals surface area contributed by atoms with Gasteiger partial charge in [-0.15, -0.1) is 0 Å². The molecule has 27 heavy (non-hydrogen) atoms. The van der Waals surface area contributed by atoms with E-state index in [2.05, 4.69) is 5.32 Å². The van der Waals surface area contributed by atoms with Crippen LogP contribution in [0.25, 0.3) is 0 Å². The molecule has 2 aromatic rings. The molecule has 2 amide bonds. The van der Waals surface area contributed by atoms with Gasteiger partial charge >= 0.3 is 5.97 Å². The third-order valence-electron chi connectivity index (χ3n) is 4.31. The maximum absolute atomic E-state index is 12.4. The molecule has 0 unspecified atom stereocenters. The van der Waals surface area contributed by atoms with Crippen molar-refractivity contribution >= 4 is 23.5 Å². The first kappa shape index (κ1) is 18.4. The smallest absolute Gasteiger partial charge is 0.335 e. The van der Waals surface area contributed by atoms with Crippen molar-refractivity contribution in [2.45, 2.75) is 19.4 Å². The summed E-state index contributed by atoms with van der Waals surface area (Å²) in [4.78, 5) is 36.9. The second-order valence-corrected chi connectivity index (χ2v) is 6.25. The third-order valence-corrected chi connectivity index (χ3v) is 4.31. The Morgan fingerprint density at radius 3 is 2.56 bits per heavy atom. The van der Waals surface area contributed by atoms with Crippen LogP contribution in [0.15, 0.2) is 48.5 Å². The van der Waals surface area contributed by atoms with Crippen LogP contribution in [0.3, 0.4) is 0 Å². The Morgan fingerprint density at radius 2 is 1.85 bits per heavy atom. The summed E-state index contributed by atoms with van der Waals surface area (Å²) < 4.78 is 5.56. The lowest BCUT2D eigenvalue weighted by molar-refractivity contribution is -0.128. The molecule has 0 saturated carbocycles. The van der Waals surface area contributed by atoms with Crippen molar-refractivity contribution in [3.05, 3.63) is 59.7 Å². The highest BCUT2D eigenvalue weighted by Crippen LogP contribution is 2.33. The van der Waals surface area contributed by atoms with E-state index < -0.39 is 12.1 Å². The number of nitrogens with zero attached hydrogens (tertiary/aromatic N) is 1. The molecule has 2 N–H and O–H groups in total. The molecule has 7 nitrogen and oxygen atoms in total. The fourth-order valence-electron chi connectivity index (χ4n) is 2.88. The molecule has 140 valence electrons. The number of carbonyl (C=O) groups is 3. The lowest BCUT2D eigenvalue weighted by Gasteiger charge is -2.32. The topological polar surface area (TPSA) is 95.9 Å². The molecule has 0 saturated heterocycles. The lowest BCUT2D eigenvalue weighted by Crippen LogP contribution is -2.49. The summed E-state index contributed by atoms with van der Waals surface area (Å²) in [5.41, 5.74) is 1.73. The van der Waals surface area contributed by atoms with Gasteiger partial charge in [-0.05, 0) is 43.2 Å². The Balaban J connectivity index is 1.56. The Hall–Kier alpha value is -3.35. The summed E-state index contributed by atoms with van der Waals surface area (Å²) in [5, 5.41) is 11.7. The predicted molar refractivity (Wildman–Crippen MR) is 99.0 cm³/mol. The zero-order valence-corrected chi connectivity index (χ0v) is 14.8. The van der Waals surface area contributed by atoms with Crippen LogP contribution >= 0.6 is 0 Å². The van der Waals surface area contributed by atoms with E-state index in [0.717, 1.165) is 5.56 Å². The van der Waals surface area contributed by atoms with Crippen LogP contribution in [0.1, 0.15) is 22.8 Å². The molecule has 1 heterocycles. The SMILES string of the molecule is C[C@@H]1Oc2ccccc2N(CC(=O)NCCc2ccc(C(=O)O)cc2)C1=O. The minimum Gasteiger partial charge on any atom is -0.479 e. The first-order valence-corrected chi connectivity index (χ1v) is 8.61. The van der Waals surface area contributed by atoms with Gasteiger partial charge in [0.05, 0.1) is 11.3 Å². The molecule has 7 heteroatoms. The summed E-state index contributed by atoms with van der Waals surface area (Å²) in [7, 11) is 0. The quantitative estimate of drug-likeness (QED) is 0.811. The average molecular weight is 368 g/mol. The summed E-state index contributed by atoms with van der Waals surface area (Å²) in [6.07, 6.45) is -0.0733. The molecular weight excluding hydrogens is 348 g/mol. The number of anilines is 1. The zero-order chi connectivity index (χ0) is 19.4. The van der Waals surface area contributed by atoms with Crippen LogP contribution < -0.4 is 15.0 Å². The monoisotopic (exact) mass is 368 g/mol. The standard InChI is InChI=1S/C20H20N2O5/c1-13-19(24)22(16-4-2-3-5-17(16)27-13)12-18(23)21-11-10-14-6-8-15(9-7-14)20(25)26/h2-9,13H,10-12H2,1H3,(H,21,23)(H,25,26)/t13-/m0/s1. The molecule has 0 bridgehead atoms. The lowest BCUT2D eigenvalue weighted by atomic mass is 10.1. The van der Waals surface area contributed by atoms with Crippen molar-refractivity contribution in [2.75, 3.05) is 18.0 Å². The summed E-state index contributed by atoms with van der Waals surface area (Å²) >= 11 is 0. The van der Waals surface area contributed by atoms with Gasteiger partial charge in [0.1, 0.15) is 12.3 Å². The van der Waals surface area contributed by atoms with Gasteiger partial charge in [0, 0.05) is 6.54 Å². The summed E-state index contributed by atoms with van der Waals surface area (Å²) in [6, 6.07) is 13.6. The minimum atomic E-state index is -0.973. The van der Waals surface area contributed by atoms with Crippen LogP contribution in [-0.2, 0) is 16.0 Å². The van der Waals surface area contributed by atoms with Crippen molar-refractivity contribution in [3.8, 4) is 5.75 Å². The second kappa shape index (κ2) is 7.90. The first-order valence-electron chi connectivity index (χ1n) is 8.61. The molecule has 1 atom stereocenters. The Labute approximate surface area is 156 Å². The van der Waals surface area contributed by atoms with Crippen LogP contribution in [0, 0.1) is 0 Å². The summed E-state index contributed by atoms with van der Waals surface area (Å²) in [6.45, 7) is 1.96. The van der Waals surface area contributed by atoms with Crippen molar-refractivity contribution in [3.63, 3.8) is 0 Å². The van der Waals surface area contributed by atoms with Crippen molar-refractivity contribution in [1.29, 1.82) is 0 Å². The molecule has 1 aliphatic heterocycles. The van der Waals surface area contributed by atoms with Crippen molar-refractivity contribution in [2.24, 2.45) is 0 Å². The van der Waals surface area contributed by atoms with Gasteiger partial charge in [-0.1, -0.05) is 24.3 Å². The number of carboxylic acids is 1. The highest BCUT2D eigenvalue weighted by atomic mass is 16.5. The number of rotatable bonds is 6. The third kappa shape index (κ3) is 4.25. The number of fused-ring (bicyclic) bond motifs is 1. The van der Waals surface area contributed by atoms with Crippen molar-refractivity contribution in [1.82, 2.24) is 5.32 Å². The number of carbonyl (C=O) groups excluding carboxylic acids is 2. The van der Waals surface area contributed by atoms with Gasteiger partial charge < -0.3 is 15.2 Å². The number of para-hydroxylation sites is 2. The fourth-order valence-corrected chi connectivity index (χ4v) is 2.88. The van der Waals surface area contributed by atoms with Gasteiger partial charge in [-0.3, -0.25) is 14.5 Å². The number of hydrogen-bond acceptors (Lipinski definition) is 4. The first-order chi connectivity index (χ1) is 13.0. The molecule has 0 spiro atoms. The van der Waals surface area contributed by atoms with E-state index in [-0.39, 0.29) is 23.9 Å². The predicted octanol–water partition coefficient (Wildman–Crippen LogP) is 1.86. The molecule has 2 aromatic carbocycles. The van der Waals surface area contributed by atoms with Gasteiger partial charge in [0.2, 0.25) is 5.91 Å². The molecule has 0 fully saturated rings. The largest absolute Gasteiger partial charge is 0.479 e. The maximum Gasteiger partial charge on any atom is 0.335 e. The van der Waals surface area contributed by atoms with E-state index in [9.17, 15) is 14.4 Å². The molecular formula is C20H20N2O5. The summed E-state index contributed by atoms with van der Waals surface area (Å²) in [5.74, 6) is -0.919. The van der Waals surface area contributed by atoms with Gasteiger partial charge in [0.25, 0.3) is 5.91 Å². The van der Waals surface area contributed by atoms with Crippen LogP contribution in [0.4, 0.5) is 5.69 Å². The second-order valence-electron chi connectivity index (χ2n) is 6.25. The van der Waals surface area contributed by atoms with E-state index >= 15 is 0 Å². The van der Waals surface area contributed by atoms with E-state index in [1.807, 2.05) is 6.07 Å². The fraction of sp³-hybridized carbons (Fsp3) is 0.250. The number of aromatic carboxylic acids is 1. The zero-order valence-electron chi connectivity index (χ0n) is 14.8. The highest BCUT2D eigenvalue weighted by Gasteiger charge is 2.32. The maximum atomic E-state index is 12.4. The van der Waals surface area contributed by atoms with E-state index in [1.165, 1.54) is 17.0 Å². The average Bonchev–Trinajstić information content (AvgIpc) is 2.66. The van der Waals surface area contributed by atoms with Gasteiger partial charge in [-0.2, -0.15) is 0 Å². The molecule has 0 aromatic heterocycles. The van der Waals surface area contributed by atoms with E-state index in [4.69, 9.17) is 9.84 Å². The molecule has 1 aliphatic rings. The highest BCUT2D eigenvalue weighted by molar-refractivity contribution is 6.03. The number of carboxylic acid groups (broad SMARTS) is 1. The Kier molecular flexibility index (Phi) is 5.40. The van der Waals surface area contributed by atoms with Crippen LogP contribution in [-0.4, -0.2) is 42.1 Å². The van der Waals surface area contributed by atoms with E-state index in [1.54, 1.807) is 37.3 Å². The number of hydrogen-bond donors (Lipinski definition) is 2. The molecule has 3 rings (SSSR count). The molecule has 0 aliphatic carbocycles.